The first-order valence-corrected chi connectivity index (χ1v) is 8.68. The lowest BCUT2D eigenvalue weighted by molar-refractivity contribution is 0.0961. The van der Waals surface area contributed by atoms with Gasteiger partial charge >= 0.3 is 0 Å². The summed E-state index contributed by atoms with van der Waals surface area (Å²) in [7, 11) is 1.45. The van der Waals surface area contributed by atoms with Crippen LogP contribution in [0, 0.1) is 11.8 Å². The number of aliphatic hydroxyl groups excluding tert-OH is 1. The van der Waals surface area contributed by atoms with Gasteiger partial charge in [-0.3, -0.25) is 14.4 Å². The molecule has 6 nitrogen and oxygen atoms in total. The fourth-order valence-corrected chi connectivity index (χ4v) is 3.12. The molecule has 1 fully saturated rings. The van der Waals surface area contributed by atoms with Crippen LogP contribution >= 0.6 is 0 Å². The van der Waals surface area contributed by atoms with Crippen LogP contribution in [0.4, 0.5) is 0 Å². The molecule has 0 spiro atoms. The van der Waals surface area contributed by atoms with Crippen LogP contribution in [0.3, 0.4) is 0 Å². The third kappa shape index (κ3) is 3.91. The Bertz CT molecular complexity index is 873. The smallest absolute Gasteiger partial charge is 0.263 e. The van der Waals surface area contributed by atoms with Gasteiger partial charge in [-0.25, -0.2) is 0 Å². The minimum atomic E-state index is -0.508. The zero-order chi connectivity index (χ0) is 18.7. The molecule has 0 bridgehead atoms. The number of amides is 1. The van der Waals surface area contributed by atoms with Crippen LogP contribution in [-0.4, -0.2) is 35.0 Å². The monoisotopic (exact) mass is 354 g/mol. The zero-order valence-corrected chi connectivity index (χ0v) is 14.6. The second-order valence-corrected chi connectivity index (χ2v) is 6.71. The van der Waals surface area contributed by atoms with Gasteiger partial charge in [0, 0.05) is 31.8 Å². The third-order valence-electron chi connectivity index (χ3n) is 4.83. The molecule has 1 aliphatic rings. The van der Waals surface area contributed by atoms with Gasteiger partial charge in [0.05, 0.1) is 6.54 Å². The molecule has 2 aromatic rings. The van der Waals surface area contributed by atoms with E-state index in [1.54, 1.807) is 0 Å². The molecular formula is C20H22N2O4. The highest BCUT2D eigenvalue weighted by molar-refractivity contribution is 6.00. The first-order valence-electron chi connectivity index (χ1n) is 8.68. The number of nitrogens with zero attached hydrogens (tertiary/aromatic N) is 1. The van der Waals surface area contributed by atoms with Crippen LogP contribution in [-0.2, 0) is 6.54 Å². The maximum Gasteiger partial charge on any atom is 0.263 e. The number of pyridine rings is 1. The van der Waals surface area contributed by atoms with E-state index in [2.05, 4.69) is 5.32 Å². The second-order valence-electron chi connectivity index (χ2n) is 6.71. The van der Waals surface area contributed by atoms with Gasteiger partial charge in [-0.05, 0) is 29.9 Å². The highest BCUT2D eigenvalue weighted by Crippen LogP contribution is 2.41. The first kappa shape index (κ1) is 18.1. The number of Topliss-reactive ketones (excluding diaryl/α,β-unsaturated/α-hetero) is 1. The van der Waals surface area contributed by atoms with Gasteiger partial charge in [0.2, 0.25) is 0 Å². The first-order chi connectivity index (χ1) is 12.5. The van der Waals surface area contributed by atoms with Crippen molar-refractivity contribution in [3.05, 3.63) is 69.6 Å². The predicted molar refractivity (Wildman–Crippen MR) is 97.3 cm³/mol. The van der Waals surface area contributed by atoms with Crippen molar-refractivity contribution in [1.29, 1.82) is 0 Å². The molecule has 0 saturated heterocycles. The van der Waals surface area contributed by atoms with Crippen molar-refractivity contribution >= 4 is 11.7 Å². The molecule has 3 rings (SSSR count). The molecule has 1 amide bonds. The molecule has 136 valence electrons. The minimum absolute atomic E-state index is 0.0382. The molecule has 26 heavy (non-hydrogen) atoms. The number of carbonyl (C=O) groups excluding carboxylic acids is 2. The van der Waals surface area contributed by atoms with E-state index >= 15 is 0 Å². The van der Waals surface area contributed by atoms with Gasteiger partial charge in [0.15, 0.2) is 5.78 Å². The van der Waals surface area contributed by atoms with Crippen LogP contribution in [0.1, 0.15) is 39.1 Å². The van der Waals surface area contributed by atoms with Gasteiger partial charge in [0.25, 0.3) is 11.5 Å². The van der Waals surface area contributed by atoms with Gasteiger partial charge in [0.1, 0.15) is 5.56 Å². The Balaban J connectivity index is 1.93. The molecule has 1 aliphatic carbocycles. The molecule has 0 radical (unpaired) electrons. The zero-order valence-electron chi connectivity index (χ0n) is 14.6. The largest absolute Gasteiger partial charge is 0.396 e. The van der Waals surface area contributed by atoms with Crippen LogP contribution in [0.5, 0.6) is 0 Å². The third-order valence-corrected chi connectivity index (χ3v) is 4.83. The Morgan fingerprint density at radius 2 is 1.96 bits per heavy atom. The van der Waals surface area contributed by atoms with Crippen LogP contribution in [0.2, 0.25) is 0 Å². The number of nitrogens with one attached hydrogen (secondary N) is 1. The number of carbonyl (C=O) groups is 2. The quantitative estimate of drug-likeness (QED) is 0.737. The lowest BCUT2D eigenvalue weighted by Gasteiger charge is -2.11. The summed E-state index contributed by atoms with van der Waals surface area (Å²) in [4.78, 5) is 37.3. The summed E-state index contributed by atoms with van der Waals surface area (Å²) < 4.78 is 1.41. The van der Waals surface area contributed by atoms with Crippen LogP contribution < -0.4 is 10.9 Å². The van der Waals surface area contributed by atoms with Crippen molar-refractivity contribution in [2.75, 3.05) is 13.7 Å². The molecule has 6 heteroatoms. The number of hydrogen-bond acceptors (Lipinski definition) is 4. The standard InChI is InChI=1S/C20H22N2O4/c1-21-19(25)17-8-15(18(24)9-14-7-16(14)12-23)11-22(20(17)26)10-13-5-3-2-4-6-13/h2-6,8,11,14,16,23H,7,9-10,12H2,1H3,(H,21,25)/t14-,16-/m0/s1. The molecule has 0 aliphatic heterocycles. The van der Waals surface area contributed by atoms with E-state index < -0.39 is 11.5 Å². The molecule has 1 aromatic heterocycles. The summed E-state index contributed by atoms with van der Waals surface area (Å²) in [6, 6.07) is 10.8. The van der Waals surface area contributed by atoms with E-state index in [-0.39, 0.29) is 36.3 Å². The van der Waals surface area contributed by atoms with E-state index in [9.17, 15) is 14.4 Å². The Morgan fingerprint density at radius 1 is 1.23 bits per heavy atom. The van der Waals surface area contributed by atoms with Gasteiger partial charge in [-0.15, -0.1) is 0 Å². The summed E-state index contributed by atoms with van der Waals surface area (Å²) in [6.07, 6.45) is 2.69. The Labute approximate surface area is 151 Å². The van der Waals surface area contributed by atoms with E-state index in [4.69, 9.17) is 5.11 Å². The van der Waals surface area contributed by atoms with Gasteiger partial charge in [-0.1, -0.05) is 30.3 Å². The lowest BCUT2D eigenvalue weighted by Crippen LogP contribution is -2.32. The van der Waals surface area contributed by atoms with Gasteiger partial charge in [-0.2, -0.15) is 0 Å². The molecule has 1 saturated carbocycles. The molecule has 1 heterocycles. The average Bonchev–Trinajstić information content (AvgIpc) is 3.41. The normalized spacial score (nSPS) is 18.4. The fraction of sp³-hybridized carbons (Fsp3) is 0.350. The predicted octanol–water partition coefficient (Wildman–Crippen LogP) is 1.46. The number of rotatable bonds is 7. The van der Waals surface area contributed by atoms with Crippen molar-refractivity contribution in [3.63, 3.8) is 0 Å². The number of hydrogen-bond donors (Lipinski definition) is 2. The summed E-state index contributed by atoms with van der Waals surface area (Å²) in [6.45, 7) is 0.377. The number of ketones is 1. The molecule has 0 unspecified atom stereocenters. The lowest BCUT2D eigenvalue weighted by atomic mass is 10.0. The van der Waals surface area contributed by atoms with E-state index in [0.29, 0.717) is 12.0 Å². The SMILES string of the molecule is CNC(=O)c1cc(C(=O)C[C@@H]2C[C@H]2CO)cn(Cc2ccccc2)c1=O. The highest BCUT2D eigenvalue weighted by Gasteiger charge is 2.37. The molecule has 2 atom stereocenters. The summed E-state index contributed by atoms with van der Waals surface area (Å²) in [5, 5.41) is 11.6. The maximum atomic E-state index is 12.6. The van der Waals surface area contributed by atoms with Crippen molar-refractivity contribution in [2.45, 2.75) is 19.4 Å². The average molecular weight is 354 g/mol. The maximum absolute atomic E-state index is 12.6. The Kier molecular flexibility index (Phi) is 5.32. The molecule has 1 aromatic carbocycles. The number of aromatic nitrogens is 1. The molecular weight excluding hydrogens is 332 g/mol. The van der Waals surface area contributed by atoms with Crippen molar-refractivity contribution < 1.29 is 14.7 Å². The molecule has 2 N–H and O–H groups in total. The van der Waals surface area contributed by atoms with Crippen LogP contribution in [0.15, 0.2) is 47.4 Å². The summed E-state index contributed by atoms with van der Waals surface area (Å²) >= 11 is 0. The van der Waals surface area contributed by atoms with E-state index in [1.165, 1.54) is 23.9 Å². The fourth-order valence-electron chi connectivity index (χ4n) is 3.12. The number of benzene rings is 1. The second kappa shape index (κ2) is 7.66. The Morgan fingerprint density at radius 3 is 2.58 bits per heavy atom. The topological polar surface area (TPSA) is 88.4 Å². The van der Waals surface area contributed by atoms with Crippen LogP contribution in [0.25, 0.3) is 0 Å². The van der Waals surface area contributed by atoms with Crippen molar-refractivity contribution in [1.82, 2.24) is 9.88 Å². The summed E-state index contributed by atoms with van der Waals surface area (Å²) in [5.74, 6) is -0.248. The Hall–Kier alpha value is -2.73. The van der Waals surface area contributed by atoms with Crippen molar-refractivity contribution in [2.24, 2.45) is 11.8 Å². The summed E-state index contributed by atoms with van der Waals surface area (Å²) in [5.41, 5.74) is 0.792. The van der Waals surface area contributed by atoms with E-state index in [0.717, 1.165) is 12.0 Å². The van der Waals surface area contributed by atoms with Gasteiger partial charge < -0.3 is 15.0 Å². The highest BCUT2D eigenvalue weighted by atomic mass is 16.3. The van der Waals surface area contributed by atoms with E-state index in [1.807, 2.05) is 30.3 Å². The number of aliphatic hydroxyl groups is 1. The minimum Gasteiger partial charge on any atom is -0.396 e. The van der Waals surface area contributed by atoms with Crippen molar-refractivity contribution in [3.8, 4) is 0 Å².